The third kappa shape index (κ3) is 3.86. The lowest BCUT2D eigenvalue weighted by atomic mass is 10.00. The fourth-order valence-corrected chi connectivity index (χ4v) is 5.22. The minimum Gasteiger partial charge on any atom is -0.495 e. The summed E-state index contributed by atoms with van der Waals surface area (Å²) in [6.07, 6.45) is 1.60. The number of fused-ring (bicyclic) bond motifs is 1. The van der Waals surface area contributed by atoms with Crippen LogP contribution in [0.25, 0.3) is 0 Å². The van der Waals surface area contributed by atoms with E-state index in [1.54, 1.807) is 31.9 Å². The Balaban J connectivity index is 2.05. The number of para-hydroxylation sites is 1. The summed E-state index contributed by atoms with van der Waals surface area (Å²) < 4.78 is 46.6. The molecule has 1 heterocycles. The van der Waals surface area contributed by atoms with Crippen molar-refractivity contribution in [3.05, 3.63) is 53.3 Å². The molecule has 8 heteroatoms. The average molecular weight is 421 g/mol. The molecule has 156 valence electrons. The van der Waals surface area contributed by atoms with E-state index in [9.17, 15) is 17.6 Å². The normalized spacial score (nSPS) is 14.0. The first-order valence-corrected chi connectivity index (χ1v) is 11.1. The minimum absolute atomic E-state index is 0.121. The van der Waals surface area contributed by atoms with Gasteiger partial charge >= 0.3 is 0 Å². The summed E-state index contributed by atoms with van der Waals surface area (Å²) in [7, 11) is -2.49. The maximum Gasteiger partial charge on any atom is 0.258 e. The number of aryl methyl sites for hydroxylation is 1. The van der Waals surface area contributed by atoms with Gasteiger partial charge in [-0.25, -0.2) is 12.8 Å². The number of hydrogen-bond acceptors (Lipinski definition) is 4. The van der Waals surface area contributed by atoms with Crippen molar-refractivity contribution in [1.29, 1.82) is 0 Å². The average Bonchev–Trinajstić information content (AvgIpc) is 2.73. The zero-order valence-electron chi connectivity index (χ0n) is 16.8. The molecule has 0 saturated carbocycles. The molecule has 0 saturated heterocycles. The standard InChI is InChI=1S/C21H25FN2O4S/c1-4-23(5-2)29(26,27)19-14-16(11-12-17(19)22)21(25)24-13-7-9-15-8-6-10-18(28-3)20(15)24/h6,8,10-12,14H,4-5,7,9,13H2,1-3H3. The van der Waals surface area contributed by atoms with Gasteiger partial charge in [0.15, 0.2) is 0 Å². The van der Waals surface area contributed by atoms with Gasteiger partial charge in [0, 0.05) is 25.2 Å². The molecule has 0 bridgehead atoms. The maximum atomic E-state index is 14.4. The fraction of sp³-hybridized carbons (Fsp3) is 0.381. The molecule has 0 aromatic heterocycles. The second-order valence-corrected chi connectivity index (χ2v) is 8.67. The number of carbonyl (C=O) groups is 1. The Morgan fingerprint density at radius 2 is 1.93 bits per heavy atom. The second-order valence-electron chi connectivity index (χ2n) is 6.76. The summed E-state index contributed by atoms with van der Waals surface area (Å²) in [5.41, 5.74) is 1.79. The first-order chi connectivity index (χ1) is 13.8. The summed E-state index contributed by atoms with van der Waals surface area (Å²) in [5, 5.41) is 0. The molecule has 2 aromatic carbocycles. The van der Waals surface area contributed by atoms with Crippen molar-refractivity contribution < 1.29 is 22.3 Å². The van der Waals surface area contributed by atoms with E-state index in [1.165, 1.54) is 10.4 Å². The van der Waals surface area contributed by atoms with Crippen LogP contribution in [0.5, 0.6) is 5.75 Å². The number of benzene rings is 2. The second kappa shape index (κ2) is 8.51. The van der Waals surface area contributed by atoms with Crippen molar-refractivity contribution >= 4 is 21.6 Å². The zero-order valence-corrected chi connectivity index (χ0v) is 17.6. The van der Waals surface area contributed by atoms with Gasteiger partial charge in [0.2, 0.25) is 10.0 Å². The Morgan fingerprint density at radius 3 is 2.59 bits per heavy atom. The number of hydrogen-bond donors (Lipinski definition) is 0. The van der Waals surface area contributed by atoms with Crippen molar-refractivity contribution in [2.45, 2.75) is 31.6 Å². The highest BCUT2D eigenvalue weighted by atomic mass is 32.2. The summed E-state index contributed by atoms with van der Waals surface area (Å²) in [6.45, 7) is 4.28. The van der Waals surface area contributed by atoms with Crippen molar-refractivity contribution in [3.63, 3.8) is 0 Å². The predicted octanol–water partition coefficient (Wildman–Crippen LogP) is 3.46. The molecule has 0 atom stereocenters. The molecule has 0 spiro atoms. The Hall–Kier alpha value is -2.45. The number of sulfonamides is 1. The highest BCUT2D eigenvalue weighted by Gasteiger charge is 2.30. The van der Waals surface area contributed by atoms with Gasteiger partial charge in [0.05, 0.1) is 12.8 Å². The fourth-order valence-electron chi connectivity index (χ4n) is 3.68. The largest absolute Gasteiger partial charge is 0.495 e. The Morgan fingerprint density at radius 1 is 1.21 bits per heavy atom. The highest BCUT2D eigenvalue weighted by molar-refractivity contribution is 7.89. The number of methoxy groups -OCH3 is 1. The van der Waals surface area contributed by atoms with Gasteiger partial charge in [-0.1, -0.05) is 26.0 Å². The molecule has 1 aliphatic heterocycles. The molecule has 6 nitrogen and oxygen atoms in total. The molecular formula is C21H25FN2O4S. The molecule has 0 N–H and O–H groups in total. The van der Waals surface area contributed by atoms with E-state index in [2.05, 4.69) is 0 Å². The minimum atomic E-state index is -4.03. The molecular weight excluding hydrogens is 395 g/mol. The molecule has 3 rings (SSSR count). The van der Waals surface area contributed by atoms with Crippen LogP contribution in [0.2, 0.25) is 0 Å². The summed E-state index contributed by atoms with van der Waals surface area (Å²) in [4.78, 5) is 14.4. The molecule has 1 aliphatic rings. The Kier molecular flexibility index (Phi) is 6.24. The SMILES string of the molecule is CCN(CC)S(=O)(=O)c1cc(C(=O)N2CCCc3cccc(OC)c32)ccc1F. The van der Waals surface area contributed by atoms with Crippen LogP contribution in [0.15, 0.2) is 41.3 Å². The smallest absolute Gasteiger partial charge is 0.258 e. The molecule has 0 radical (unpaired) electrons. The van der Waals surface area contributed by atoms with Crippen molar-refractivity contribution in [2.24, 2.45) is 0 Å². The van der Waals surface area contributed by atoms with Crippen LogP contribution < -0.4 is 9.64 Å². The summed E-state index contributed by atoms with van der Waals surface area (Å²) in [6, 6.07) is 9.09. The van der Waals surface area contributed by atoms with Crippen LogP contribution in [0, 0.1) is 5.82 Å². The third-order valence-corrected chi connectivity index (χ3v) is 7.21. The van der Waals surface area contributed by atoms with E-state index >= 15 is 0 Å². The van der Waals surface area contributed by atoms with Crippen LogP contribution in [0.3, 0.4) is 0 Å². The monoisotopic (exact) mass is 420 g/mol. The van der Waals surface area contributed by atoms with E-state index in [0.717, 1.165) is 30.5 Å². The van der Waals surface area contributed by atoms with E-state index in [1.807, 2.05) is 12.1 Å². The Labute approximate surface area is 170 Å². The van der Waals surface area contributed by atoms with Gasteiger partial charge in [0.25, 0.3) is 5.91 Å². The lowest BCUT2D eigenvalue weighted by Crippen LogP contribution is -2.36. The van der Waals surface area contributed by atoms with Crippen molar-refractivity contribution in [3.8, 4) is 5.75 Å². The number of anilines is 1. The first kappa shape index (κ1) is 21.3. The van der Waals surface area contributed by atoms with Crippen LogP contribution >= 0.6 is 0 Å². The lowest BCUT2D eigenvalue weighted by molar-refractivity contribution is 0.0984. The van der Waals surface area contributed by atoms with Crippen LogP contribution in [-0.2, 0) is 16.4 Å². The topological polar surface area (TPSA) is 66.9 Å². The van der Waals surface area contributed by atoms with E-state index < -0.39 is 20.7 Å². The summed E-state index contributed by atoms with van der Waals surface area (Å²) >= 11 is 0. The Bertz CT molecular complexity index is 1010. The third-order valence-electron chi connectivity index (χ3n) is 5.15. The van der Waals surface area contributed by atoms with Gasteiger partial charge < -0.3 is 9.64 Å². The number of nitrogens with zero attached hydrogens (tertiary/aromatic N) is 2. The number of ether oxygens (including phenoxy) is 1. The van der Waals surface area contributed by atoms with Crippen LogP contribution in [0.1, 0.15) is 36.2 Å². The van der Waals surface area contributed by atoms with E-state index in [-0.39, 0.29) is 24.6 Å². The van der Waals surface area contributed by atoms with Gasteiger partial charge in [-0.15, -0.1) is 0 Å². The molecule has 0 aliphatic carbocycles. The highest BCUT2D eigenvalue weighted by Crippen LogP contribution is 2.37. The van der Waals surface area contributed by atoms with Gasteiger partial charge in [-0.05, 0) is 42.7 Å². The van der Waals surface area contributed by atoms with E-state index in [4.69, 9.17) is 4.74 Å². The zero-order chi connectivity index (χ0) is 21.2. The molecule has 2 aromatic rings. The number of halogens is 1. The van der Waals surface area contributed by atoms with Crippen LogP contribution in [0.4, 0.5) is 10.1 Å². The number of rotatable bonds is 6. The molecule has 29 heavy (non-hydrogen) atoms. The first-order valence-electron chi connectivity index (χ1n) is 9.62. The van der Waals surface area contributed by atoms with Crippen molar-refractivity contribution in [1.82, 2.24) is 4.31 Å². The molecule has 0 fully saturated rings. The maximum absolute atomic E-state index is 14.4. The number of amides is 1. The molecule has 0 unspecified atom stereocenters. The van der Waals surface area contributed by atoms with E-state index in [0.29, 0.717) is 18.0 Å². The predicted molar refractivity (Wildman–Crippen MR) is 109 cm³/mol. The van der Waals surface area contributed by atoms with Gasteiger partial charge in [0.1, 0.15) is 16.5 Å². The van der Waals surface area contributed by atoms with Gasteiger partial charge in [-0.3, -0.25) is 4.79 Å². The molecule has 1 amide bonds. The van der Waals surface area contributed by atoms with Crippen molar-refractivity contribution in [2.75, 3.05) is 31.6 Å². The number of carbonyl (C=O) groups excluding carboxylic acids is 1. The van der Waals surface area contributed by atoms with Gasteiger partial charge in [-0.2, -0.15) is 4.31 Å². The quantitative estimate of drug-likeness (QED) is 0.718. The lowest BCUT2D eigenvalue weighted by Gasteiger charge is -2.31. The van der Waals surface area contributed by atoms with Crippen LogP contribution in [-0.4, -0.2) is 45.4 Å². The summed E-state index contributed by atoms with van der Waals surface area (Å²) in [5.74, 6) is -0.676.